The standard InChI is InChI=1S/C19H22F2O4S/c1-2-25-19(22)16(9-12-10-17(20)18(21)11-12)13-3-5-14(6-4-13)26(23,24)15-7-8-15/h3-6,9,12,15,17-18H,2,7-8,10-11H2,1H3. The minimum absolute atomic E-state index is 0.0260. The lowest BCUT2D eigenvalue weighted by Gasteiger charge is -2.11. The highest BCUT2D eigenvalue weighted by Gasteiger charge is 2.37. The summed E-state index contributed by atoms with van der Waals surface area (Å²) in [4.78, 5) is 12.5. The van der Waals surface area contributed by atoms with Gasteiger partial charge in [-0.15, -0.1) is 0 Å². The number of hydrogen-bond acceptors (Lipinski definition) is 4. The molecule has 2 fully saturated rings. The van der Waals surface area contributed by atoms with Gasteiger partial charge in [0.2, 0.25) is 0 Å². The molecule has 26 heavy (non-hydrogen) atoms. The Morgan fingerprint density at radius 3 is 2.23 bits per heavy atom. The van der Waals surface area contributed by atoms with Crippen LogP contribution >= 0.6 is 0 Å². The Balaban J connectivity index is 1.88. The molecule has 0 heterocycles. The molecule has 0 N–H and O–H groups in total. The van der Waals surface area contributed by atoms with Crippen LogP contribution < -0.4 is 0 Å². The van der Waals surface area contributed by atoms with Crippen molar-refractivity contribution in [3.05, 3.63) is 35.9 Å². The van der Waals surface area contributed by atoms with E-state index in [1.807, 2.05) is 0 Å². The molecule has 3 rings (SSSR count). The van der Waals surface area contributed by atoms with E-state index in [4.69, 9.17) is 4.74 Å². The zero-order chi connectivity index (χ0) is 18.9. The van der Waals surface area contributed by atoms with Crippen molar-refractivity contribution in [2.45, 2.75) is 55.1 Å². The van der Waals surface area contributed by atoms with Crippen molar-refractivity contribution < 1.29 is 26.7 Å². The van der Waals surface area contributed by atoms with Crippen molar-refractivity contribution in [1.82, 2.24) is 0 Å². The lowest BCUT2D eigenvalue weighted by molar-refractivity contribution is -0.136. The molecule has 0 spiro atoms. The largest absolute Gasteiger partial charge is 0.462 e. The van der Waals surface area contributed by atoms with Gasteiger partial charge in [-0.1, -0.05) is 18.2 Å². The fraction of sp³-hybridized carbons (Fsp3) is 0.526. The Bertz CT molecular complexity index is 787. The Labute approximate surface area is 152 Å². The van der Waals surface area contributed by atoms with E-state index in [0.717, 1.165) is 0 Å². The van der Waals surface area contributed by atoms with Gasteiger partial charge in [0.05, 0.1) is 22.3 Å². The van der Waals surface area contributed by atoms with Crippen molar-refractivity contribution in [3.63, 3.8) is 0 Å². The number of rotatable bonds is 6. The molecule has 142 valence electrons. The number of carbonyl (C=O) groups excluding carboxylic acids is 1. The van der Waals surface area contributed by atoms with Crippen LogP contribution in [0.4, 0.5) is 8.78 Å². The first-order valence-corrected chi connectivity index (χ1v) is 10.4. The summed E-state index contributed by atoms with van der Waals surface area (Å²) in [5.41, 5.74) is 0.699. The summed E-state index contributed by atoms with van der Waals surface area (Å²) in [6.07, 6.45) is -0.0925. The second-order valence-electron chi connectivity index (χ2n) is 6.83. The molecular formula is C19H22F2O4S. The minimum atomic E-state index is -3.31. The number of benzene rings is 1. The molecule has 2 aliphatic carbocycles. The van der Waals surface area contributed by atoms with Gasteiger partial charge in [0.25, 0.3) is 0 Å². The van der Waals surface area contributed by atoms with Gasteiger partial charge in [-0.3, -0.25) is 0 Å². The van der Waals surface area contributed by atoms with Gasteiger partial charge in [0, 0.05) is 0 Å². The second kappa shape index (κ2) is 7.47. The highest BCUT2D eigenvalue weighted by molar-refractivity contribution is 7.92. The molecule has 4 nitrogen and oxygen atoms in total. The maximum atomic E-state index is 13.4. The van der Waals surface area contributed by atoms with E-state index in [0.29, 0.717) is 18.4 Å². The van der Waals surface area contributed by atoms with Crippen LogP contribution in [0.15, 0.2) is 35.2 Å². The van der Waals surface area contributed by atoms with Crippen LogP contribution in [0, 0.1) is 5.92 Å². The van der Waals surface area contributed by atoms with Crippen molar-refractivity contribution in [1.29, 1.82) is 0 Å². The predicted molar refractivity (Wildman–Crippen MR) is 93.8 cm³/mol. The summed E-state index contributed by atoms with van der Waals surface area (Å²) < 4.78 is 56.5. The number of esters is 1. The van der Waals surface area contributed by atoms with E-state index < -0.39 is 34.1 Å². The van der Waals surface area contributed by atoms with E-state index in [2.05, 4.69) is 0 Å². The number of allylic oxidation sites excluding steroid dienone is 1. The molecule has 2 unspecified atom stereocenters. The molecule has 0 aromatic heterocycles. The Morgan fingerprint density at radius 2 is 1.73 bits per heavy atom. The van der Waals surface area contributed by atoms with Crippen molar-refractivity contribution in [2.75, 3.05) is 6.61 Å². The van der Waals surface area contributed by atoms with Gasteiger partial charge >= 0.3 is 5.97 Å². The first-order valence-electron chi connectivity index (χ1n) is 8.84. The summed E-state index contributed by atoms with van der Waals surface area (Å²) in [6.45, 7) is 1.85. The van der Waals surface area contributed by atoms with Crippen molar-refractivity contribution in [3.8, 4) is 0 Å². The lowest BCUT2D eigenvalue weighted by atomic mass is 9.98. The Morgan fingerprint density at radius 1 is 1.15 bits per heavy atom. The van der Waals surface area contributed by atoms with E-state index >= 15 is 0 Å². The van der Waals surface area contributed by atoms with E-state index in [-0.39, 0.29) is 35.2 Å². The minimum Gasteiger partial charge on any atom is -0.462 e. The molecule has 2 aliphatic rings. The average molecular weight is 384 g/mol. The Hall–Kier alpha value is -1.76. The molecule has 1 aromatic rings. The van der Waals surface area contributed by atoms with Gasteiger partial charge in [-0.25, -0.2) is 22.0 Å². The molecular weight excluding hydrogens is 362 g/mol. The monoisotopic (exact) mass is 384 g/mol. The molecule has 0 radical (unpaired) electrons. The van der Waals surface area contributed by atoms with Crippen LogP contribution in [-0.4, -0.2) is 38.6 Å². The van der Waals surface area contributed by atoms with Crippen LogP contribution in [0.1, 0.15) is 38.2 Å². The number of alkyl halides is 2. The van der Waals surface area contributed by atoms with E-state index in [9.17, 15) is 22.0 Å². The highest BCUT2D eigenvalue weighted by atomic mass is 32.2. The highest BCUT2D eigenvalue weighted by Crippen LogP contribution is 2.35. The lowest BCUT2D eigenvalue weighted by Crippen LogP contribution is -2.10. The number of sulfone groups is 1. The zero-order valence-electron chi connectivity index (χ0n) is 14.5. The second-order valence-corrected chi connectivity index (χ2v) is 9.06. The third-order valence-corrected chi connectivity index (χ3v) is 7.08. The van der Waals surface area contributed by atoms with Gasteiger partial charge in [0.15, 0.2) is 9.84 Å². The van der Waals surface area contributed by atoms with Crippen LogP contribution in [-0.2, 0) is 19.4 Å². The van der Waals surface area contributed by atoms with E-state index in [1.54, 1.807) is 25.1 Å². The zero-order valence-corrected chi connectivity index (χ0v) is 15.3. The summed E-state index contributed by atoms with van der Waals surface area (Å²) >= 11 is 0. The maximum Gasteiger partial charge on any atom is 0.338 e. The third kappa shape index (κ3) is 3.98. The predicted octanol–water partition coefficient (Wildman–Crippen LogP) is 3.66. The summed E-state index contributed by atoms with van der Waals surface area (Å²) in [6, 6.07) is 6.04. The molecule has 1 aromatic carbocycles. The molecule has 0 aliphatic heterocycles. The summed E-state index contributed by atoms with van der Waals surface area (Å²) in [5.74, 6) is -0.975. The van der Waals surface area contributed by atoms with Gasteiger partial charge < -0.3 is 4.74 Å². The van der Waals surface area contributed by atoms with Crippen molar-refractivity contribution in [2.24, 2.45) is 5.92 Å². The average Bonchev–Trinajstić information content (AvgIpc) is 3.41. The molecule has 2 saturated carbocycles. The van der Waals surface area contributed by atoms with Gasteiger partial charge in [-0.05, 0) is 56.2 Å². The third-order valence-electron chi connectivity index (χ3n) is 4.80. The SMILES string of the molecule is CCOC(=O)C(=CC1CC(F)C(F)C1)c1ccc(S(=O)(=O)C2CC2)cc1. The number of halogens is 2. The molecule has 7 heteroatoms. The van der Waals surface area contributed by atoms with Crippen LogP contribution in [0.25, 0.3) is 5.57 Å². The van der Waals surface area contributed by atoms with Crippen LogP contribution in [0.5, 0.6) is 0 Å². The topological polar surface area (TPSA) is 60.4 Å². The number of ether oxygens (including phenoxy) is 1. The summed E-state index contributed by atoms with van der Waals surface area (Å²) in [7, 11) is -3.31. The van der Waals surface area contributed by atoms with E-state index in [1.165, 1.54) is 12.1 Å². The number of carbonyl (C=O) groups is 1. The fourth-order valence-corrected chi connectivity index (χ4v) is 4.88. The Kier molecular flexibility index (Phi) is 5.46. The number of hydrogen-bond donors (Lipinski definition) is 0. The first kappa shape index (κ1) is 19.0. The normalized spacial score (nSPS) is 26.7. The fourth-order valence-electron chi connectivity index (χ4n) is 3.23. The van der Waals surface area contributed by atoms with Gasteiger partial charge in [-0.2, -0.15) is 0 Å². The molecule has 2 atom stereocenters. The first-order chi connectivity index (χ1) is 12.3. The molecule has 0 amide bonds. The maximum absolute atomic E-state index is 13.4. The summed E-state index contributed by atoms with van der Waals surface area (Å²) in [5, 5.41) is -0.310. The quantitative estimate of drug-likeness (QED) is 0.555. The van der Waals surface area contributed by atoms with Crippen LogP contribution in [0.2, 0.25) is 0 Å². The van der Waals surface area contributed by atoms with Gasteiger partial charge in [0.1, 0.15) is 12.3 Å². The molecule has 0 bridgehead atoms. The van der Waals surface area contributed by atoms with Crippen LogP contribution in [0.3, 0.4) is 0 Å². The smallest absolute Gasteiger partial charge is 0.338 e. The molecule has 0 saturated heterocycles. The van der Waals surface area contributed by atoms with Crippen molar-refractivity contribution >= 4 is 21.4 Å².